The van der Waals surface area contributed by atoms with E-state index in [1.165, 1.54) is 6.20 Å². The summed E-state index contributed by atoms with van der Waals surface area (Å²) in [4.78, 5) is 27.3. The van der Waals surface area contributed by atoms with Crippen LogP contribution in [0.3, 0.4) is 0 Å². The summed E-state index contributed by atoms with van der Waals surface area (Å²) in [5.74, 6) is -0.271. The summed E-state index contributed by atoms with van der Waals surface area (Å²) in [6, 6.07) is 7.31. The summed E-state index contributed by atoms with van der Waals surface area (Å²) in [5.41, 5.74) is 3.51. The fourth-order valence-corrected chi connectivity index (χ4v) is 3.66. The Morgan fingerprint density at radius 2 is 2.12 bits per heavy atom. The number of carbonyl (C=O) groups is 1. The van der Waals surface area contributed by atoms with Crippen molar-refractivity contribution in [3.05, 3.63) is 63.1 Å². The van der Waals surface area contributed by atoms with Crippen molar-refractivity contribution in [1.82, 2.24) is 10.3 Å². The fraction of sp³-hybridized carbons (Fsp3) is 0.333. The topological polar surface area (TPSA) is 94.2 Å². The van der Waals surface area contributed by atoms with Crippen molar-refractivity contribution in [2.24, 2.45) is 0 Å². The van der Waals surface area contributed by atoms with E-state index in [1.54, 1.807) is 0 Å². The Kier molecular flexibility index (Phi) is 3.61. The number of fused-ring (bicyclic) bond motifs is 2. The average Bonchev–Trinajstić information content (AvgIpc) is 2.91. The molecule has 6 heteroatoms. The van der Waals surface area contributed by atoms with Crippen molar-refractivity contribution in [2.45, 2.75) is 31.4 Å². The zero-order valence-corrected chi connectivity index (χ0v) is 13.1. The lowest BCUT2D eigenvalue weighted by Crippen LogP contribution is -2.35. The molecule has 0 saturated carbocycles. The molecule has 2 aromatic rings. The van der Waals surface area contributed by atoms with Crippen LogP contribution < -0.4 is 16.2 Å². The predicted octanol–water partition coefficient (Wildman–Crippen LogP) is 1.12. The first-order valence-electron chi connectivity index (χ1n) is 8.20. The lowest BCUT2D eigenvalue weighted by molar-refractivity contribution is 0.0857. The molecule has 4 N–H and O–H groups in total. The molecule has 2 heterocycles. The van der Waals surface area contributed by atoms with Crippen LogP contribution in [-0.2, 0) is 12.8 Å². The van der Waals surface area contributed by atoms with Gasteiger partial charge in [-0.2, -0.15) is 0 Å². The lowest BCUT2D eigenvalue weighted by Gasteiger charge is -2.22. The molecule has 1 aliphatic heterocycles. The molecule has 0 spiro atoms. The molecule has 124 valence electrons. The maximum atomic E-state index is 12.8. The molecular formula is C18H19N3O3. The summed E-state index contributed by atoms with van der Waals surface area (Å²) in [6.45, 7) is 0.732. The van der Waals surface area contributed by atoms with Gasteiger partial charge in [0.15, 0.2) is 0 Å². The van der Waals surface area contributed by atoms with Crippen molar-refractivity contribution < 1.29 is 9.90 Å². The first kappa shape index (κ1) is 15.0. The number of aliphatic hydroxyl groups excluding tert-OH is 1. The van der Waals surface area contributed by atoms with Crippen LogP contribution in [0.1, 0.15) is 39.5 Å². The number of benzene rings is 1. The summed E-state index contributed by atoms with van der Waals surface area (Å²) >= 11 is 0. The molecule has 0 unspecified atom stereocenters. The zero-order chi connectivity index (χ0) is 16.7. The minimum atomic E-state index is -0.636. The molecule has 1 aromatic carbocycles. The van der Waals surface area contributed by atoms with Crippen LogP contribution in [0.2, 0.25) is 0 Å². The van der Waals surface area contributed by atoms with E-state index in [2.05, 4.69) is 15.6 Å². The number of aromatic nitrogens is 1. The highest BCUT2D eigenvalue weighted by atomic mass is 16.3. The van der Waals surface area contributed by atoms with Gasteiger partial charge < -0.3 is 20.7 Å². The molecule has 1 aliphatic carbocycles. The van der Waals surface area contributed by atoms with Crippen molar-refractivity contribution in [3.8, 4) is 0 Å². The Hall–Kier alpha value is -2.60. The number of carbonyl (C=O) groups excluding carboxylic acids is 1. The lowest BCUT2D eigenvalue weighted by atomic mass is 9.99. The number of rotatable bonds is 2. The molecule has 1 amide bonds. The van der Waals surface area contributed by atoms with Crippen LogP contribution >= 0.6 is 0 Å². The third-order valence-corrected chi connectivity index (χ3v) is 4.84. The van der Waals surface area contributed by atoms with Gasteiger partial charge in [0.2, 0.25) is 0 Å². The van der Waals surface area contributed by atoms with Crippen LogP contribution in [0.4, 0.5) is 5.69 Å². The minimum absolute atomic E-state index is 0.201. The number of aliphatic hydroxyl groups is 1. The van der Waals surface area contributed by atoms with E-state index < -0.39 is 12.1 Å². The Balaban J connectivity index is 1.65. The number of hydrogen-bond acceptors (Lipinski definition) is 4. The van der Waals surface area contributed by atoms with E-state index in [9.17, 15) is 14.7 Å². The Morgan fingerprint density at radius 3 is 3.00 bits per heavy atom. The van der Waals surface area contributed by atoms with E-state index in [0.717, 1.165) is 29.7 Å². The van der Waals surface area contributed by atoms with Gasteiger partial charge in [-0.05, 0) is 29.5 Å². The molecule has 0 saturated heterocycles. The first-order valence-corrected chi connectivity index (χ1v) is 8.20. The van der Waals surface area contributed by atoms with Crippen LogP contribution in [0.25, 0.3) is 0 Å². The molecule has 0 bridgehead atoms. The minimum Gasteiger partial charge on any atom is -0.390 e. The summed E-state index contributed by atoms with van der Waals surface area (Å²) in [7, 11) is 0. The molecule has 2 atom stereocenters. The van der Waals surface area contributed by atoms with Gasteiger partial charge >= 0.3 is 0 Å². The average molecular weight is 325 g/mol. The maximum Gasteiger partial charge on any atom is 0.271 e. The van der Waals surface area contributed by atoms with Gasteiger partial charge in [0.25, 0.3) is 11.5 Å². The van der Waals surface area contributed by atoms with Gasteiger partial charge in [-0.3, -0.25) is 9.59 Å². The quantitative estimate of drug-likeness (QED) is 0.665. The van der Waals surface area contributed by atoms with Gasteiger partial charge in [0.05, 0.1) is 17.7 Å². The van der Waals surface area contributed by atoms with E-state index in [-0.39, 0.29) is 11.5 Å². The van der Waals surface area contributed by atoms with Crippen LogP contribution in [-0.4, -0.2) is 28.6 Å². The van der Waals surface area contributed by atoms with Crippen molar-refractivity contribution in [2.75, 3.05) is 11.9 Å². The standard InChI is InChI=1S/C18H19N3O3/c22-14-8-10-4-1-2-5-11(10)15(14)21-17(23)13-9-20-18(24)16-12(13)6-3-7-19-16/h1-2,4-5,9,14-15,19,22H,3,6-8H2,(H,20,24)(H,21,23)/t14-,15+/m0/s1. The largest absolute Gasteiger partial charge is 0.390 e. The van der Waals surface area contributed by atoms with E-state index in [1.807, 2.05) is 24.3 Å². The van der Waals surface area contributed by atoms with E-state index in [4.69, 9.17) is 0 Å². The highest BCUT2D eigenvalue weighted by molar-refractivity contribution is 5.97. The Bertz CT molecular complexity index is 859. The van der Waals surface area contributed by atoms with Gasteiger partial charge in [0, 0.05) is 19.2 Å². The molecule has 24 heavy (non-hydrogen) atoms. The van der Waals surface area contributed by atoms with E-state index >= 15 is 0 Å². The van der Waals surface area contributed by atoms with Crippen molar-refractivity contribution >= 4 is 11.6 Å². The maximum absolute atomic E-state index is 12.8. The number of nitrogens with one attached hydrogen (secondary N) is 3. The second-order valence-electron chi connectivity index (χ2n) is 6.34. The molecule has 2 aliphatic rings. The van der Waals surface area contributed by atoms with Gasteiger partial charge in [0.1, 0.15) is 5.69 Å². The normalized spacial score (nSPS) is 21.5. The molecular weight excluding hydrogens is 306 g/mol. The summed E-state index contributed by atoms with van der Waals surface area (Å²) in [6.07, 6.45) is 2.94. The third kappa shape index (κ3) is 2.39. The van der Waals surface area contributed by atoms with Crippen LogP contribution in [0, 0.1) is 0 Å². The molecule has 0 radical (unpaired) electrons. The van der Waals surface area contributed by atoms with Gasteiger partial charge in [-0.1, -0.05) is 24.3 Å². The zero-order valence-electron chi connectivity index (χ0n) is 13.1. The smallest absolute Gasteiger partial charge is 0.271 e. The summed E-state index contributed by atoms with van der Waals surface area (Å²) in [5, 5.41) is 16.3. The third-order valence-electron chi connectivity index (χ3n) is 4.84. The first-order chi connectivity index (χ1) is 11.6. The Morgan fingerprint density at radius 1 is 1.29 bits per heavy atom. The number of hydrogen-bond donors (Lipinski definition) is 4. The monoisotopic (exact) mass is 325 g/mol. The van der Waals surface area contributed by atoms with Crippen LogP contribution in [0.5, 0.6) is 0 Å². The number of H-pyrrole nitrogens is 1. The SMILES string of the molecule is O=C(N[C@@H]1c2ccccc2C[C@@H]1O)c1c[nH]c(=O)c2c1CCCN2. The number of aromatic amines is 1. The number of anilines is 1. The summed E-state index contributed by atoms with van der Waals surface area (Å²) < 4.78 is 0. The van der Waals surface area contributed by atoms with Gasteiger partial charge in [-0.25, -0.2) is 0 Å². The molecule has 0 fully saturated rings. The highest BCUT2D eigenvalue weighted by Gasteiger charge is 2.33. The van der Waals surface area contributed by atoms with Crippen LogP contribution in [0.15, 0.2) is 35.3 Å². The molecule has 1 aromatic heterocycles. The highest BCUT2D eigenvalue weighted by Crippen LogP contribution is 2.32. The predicted molar refractivity (Wildman–Crippen MR) is 90.2 cm³/mol. The number of amides is 1. The van der Waals surface area contributed by atoms with Crippen molar-refractivity contribution in [3.63, 3.8) is 0 Å². The molecule has 4 rings (SSSR count). The second-order valence-corrected chi connectivity index (χ2v) is 6.34. The number of pyridine rings is 1. The van der Waals surface area contributed by atoms with Crippen molar-refractivity contribution in [1.29, 1.82) is 0 Å². The fourth-order valence-electron chi connectivity index (χ4n) is 3.66. The van der Waals surface area contributed by atoms with E-state index in [0.29, 0.717) is 24.1 Å². The molecule has 6 nitrogen and oxygen atoms in total. The van der Waals surface area contributed by atoms with Gasteiger partial charge in [-0.15, -0.1) is 0 Å². The second kappa shape index (κ2) is 5.79. The Labute approximate surface area is 138 Å².